The van der Waals surface area contributed by atoms with Crippen LogP contribution in [0.4, 0.5) is 5.95 Å². The number of aromatic carboxylic acids is 1. The molecule has 2 aromatic carbocycles. The Labute approximate surface area is 284 Å². The number of carbonyl (C=O) groups is 1. The molecule has 0 radical (unpaired) electrons. The number of nitrogens with one attached hydrogen (secondary N) is 2. The van der Waals surface area contributed by atoms with Gasteiger partial charge in [0.1, 0.15) is 17.9 Å². The van der Waals surface area contributed by atoms with Crippen molar-refractivity contribution in [2.45, 2.75) is 76.5 Å². The van der Waals surface area contributed by atoms with Gasteiger partial charge < -0.3 is 24.3 Å². The highest BCUT2D eigenvalue weighted by Crippen LogP contribution is 2.30. The Morgan fingerprint density at radius 1 is 1.04 bits per heavy atom. The van der Waals surface area contributed by atoms with Gasteiger partial charge in [-0.3, -0.25) is 4.72 Å². The van der Waals surface area contributed by atoms with E-state index < -0.39 is 5.97 Å². The molecule has 1 aliphatic carbocycles. The van der Waals surface area contributed by atoms with Crippen molar-refractivity contribution in [3.63, 3.8) is 0 Å². The molecule has 3 aromatic heterocycles. The minimum Gasteiger partial charge on any atom is -0.478 e. The van der Waals surface area contributed by atoms with E-state index in [2.05, 4.69) is 59.8 Å². The number of aryl methyl sites for hydroxylation is 2. The topological polar surface area (TPSA) is 145 Å². The number of carboxylic acid groups (broad SMARTS) is 1. The van der Waals surface area contributed by atoms with Crippen molar-refractivity contribution >= 4 is 35.1 Å². The van der Waals surface area contributed by atoms with Gasteiger partial charge in [0.05, 0.1) is 41.9 Å². The molecular weight excluding hydrogens is 629 g/mol. The van der Waals surface area contributed by atoms with Crippen LogP contribution in [0.25, 0.3) is 22.5 Å². The lowest BCUT2D eigenvalue weighted by Crippen LogP contribution is -2.40. The standard InChI is InChI=1S/C36H40N6O5S/c1-21(2)31-15-30-34(47-31)38-18-25(39-30)17-37-26(19-45-27-11-7-12-27)20-46-32-16-29(33-22(3)8-5-9-23(33)4)40-36(41-32)42-48-28-13-6-10-24(14-28)35(43)44/h5-6,8-10,13-16,18,21,26-27,37H,7,11-12,17,19-20H2,1-4H3,(H,43,44)(H,40,41,42). The van der Waals surface area contributed by atoms with Crippen LogP contribution in [0.2, 0.25) is 0 Å². The number of hydrogen-bond acceptors (Lipinski definition) is 11. The molecule has 1 unspecified atom stereocenters. The summed E-state index contributed by atoms with van der Waals surface area (Å²) >= 11 is 1.23. The van der Waals surface area contributed by atoms with Gasteiger partial charge in [0.15, 0.2) is 0 Å². The Hall–Kier alpha value is -4.52. The first-order chi connectivity index (χ1) is 23.2. The first-order valence-corrected chi connectivity index (χ1v) is 17.0. The summed E-state index contributed by atoms with van der Waals surface area (Å²) in [5, 5.41) is 13.0. The fraction of sp³-hybridized carbons (Fsp3) is 0.361. The molecule has 48 heavy (non-hydrogen) atoms. The molecule has 0 aliphatic heterocycles. The summed E-state index contributed by atoms with van der Waals surface area (Å²) in [5.74, 6) is 0.876. The van der Waals surface area contributed by atoms with E-state index in [0.29, 0.717) is 42.2 Å². The van der Waals surface area contributed by atoms with Crippen LogP contribution in [0.3, 0.4) is 0 Å². The molecule has 3 heterocycles. The van der Waals surface area contributed by atoms with Gasteiger partial charge in [0.25, 0.3) is 0 Å². The Balaban J connectivity index is 1.20. The van der Waals surface area contributed by atoms with Crippen LogP contribution in [0.1, 0.15) is 72.0 Å². The molecule has 0 spiro atoms. The lowest BCUT2D eigenvalue weighted by Gasteiger charge is -2.28. The van der Waals surface area contributed by atoms with E-state index >= 15 is 0 Å². The minimum absolute atomic E-state index is 0.151. The van der Waals surface area contributed by atoms with Gasteiger partial charge in [-0.1, -0.05) is 38.1 Å². The second-order valence-corrected chi connectivity index (χ2v) is 13.2. The molecule has 250 valence electrons. The first kappa shape index (κ1) is 33.4. The van der Waals surface area contributed by atoms with Gasteiger partial charge in [-0.15, -0.1) is 0 Å². The van der Waals surface area contributed by atoms with Crippen molar-refractivity contribution < 1.29 is 23.8 Å². The Kier molecular flexibility index (Phi) is 10.5. The highest BCUT2D eigenvalue weighted by molar-refractivity contribution is 8.00. The summed E-state index contributed by atoms with van der Waals surface area (Å²) in [7, 11) is 0. The number of furan rings is 1. The molecule has 1 aliphatic rings. The van der Waals surface area contributed by atoms with Gasteiger partial charge in [-0.25, -0.2) is 19.7 Å². The largest absolute Gasteiger partial charge is 0.478 e. The quantitative estimate of drug-likeness (QED) is 0.0960. The zero-order chi connectivity index (χ0) is 33.6. The summed E-state index contributed by atoms with van der Waals surface area (Å²) in [4.78, 5) is 30.9. The number of anilines is 1. The Bertz CT molecular complexity index is 1870. The molecule has 0 bridgehead atoms. The average Bonchev–Trinajstić information content (AvgIpc) is 3.48. The molecule has 0 amide bonds. The molecule has 0 saturated heterocycles. The molecule has 3 N–H and O–H groups in total. The van der Waals surface area contributed by atoms with Gasteiger partial charge >= 0.3 is 5.97 Å². The molecule has 5 aromatic rings. The number of fused-ring (bicyclic) bond motifs is 1. The van der Waals surface area contributed by atoms with E-state index in [1.807, 2.05) is 24.3 Å². The number of nitrogens with zero attached hydrogens (tertiary/aromatic N) is 4. The normalized spacial score (nSPS) is 13.9. The molecule has 1 saturated carbocycles. The fourth-order valence-electron chi connectivity index (χ4n) is 5.33. The number of rotatable bonds is 15. The zero-order valence-corrected chi connectivity index (χ0v) is 28.3. The van der Waals surface area contributed by atoms with Crippen LogP contribution in [0, 0.1) is 13.8 Å². The van der Waals surface area contributed by atoms with Crippen molar-refractivity contribution in [1.29, 1.82) is 0 Å². The maximum atomic E-state index is 11.5. The van der Waals surface area contributed by atoms with Crippen LogP contribution in [-0.2, 0) is 11.3 Å². The van der Waals surface area contributed by atoms with Crippen molar-refractivity contribution in [3.05, 3.63) is 88.9 Å². The van der Waals surface area contributed by atoms with E-state index in [1.54, 1.807) is 24.4 Å². The van der Waals surface area contributed by atoms with E-state index in [0.717, 1.165) is 52.2 Å². The maximum Gasteiger partial charge on any atom is 0.335 e. The number of carboxylic acids is 1. The Morgan fingerprint density at radius 3 is 2.56 bits per heavy atom. The van der Waals surface area contributed by atoms with Gasteiger partial charge in [-0.05, 0) is 74.4 Å². The van der Waals surface area contributed by atoms with Gasteiger partial charge in [0.2, 0.25) is 17.5 Å². The van der Waals surface area contributed by atoms with Crippen LogP contribution in [0.15, 0.2) is 70.1 Å². The van der Waals surface area contributed by atoms with Crippen LogP contribution in [0.5, 0.6) is 5.88 Å². The lowest BCUT2D eigenvalue weighted by atomic mass is 9.96. The van der Waals surface area contributed by atoms with E-state index in [-0.39, 0.29) is 23.6 Å². The minimum atomic E-state index is -0.986. The van der Waals surface area contributed by atoms with E-state index in [9.17, 15) is 9.90 Å². The monoisotopic (exact) mass is 668 g/mol. The number of aromatic nitrogens is 4. The summed E-state index contributed by atoms with van der Waals surface area (Å²) < 4.78 is 21.6. The average molecular weight is 669 g/mol. The fourth-order valence-corrected chi connectivity index (χ4v) is 5.96. The predicted octanol–water partition coefficient (Wildman–Crippen LogP) is 7.34. The second-order valence-electron chi connectivity index (χ2n) is 12.3. The molecule has 1 fully saturated rings. The number of hydrogen-bond donors (Lipinski definition) is 3. The molecule has 6 rings (SSSR count). The molecular formula is C36H40N6O5S. The van der Waals surface area contributed by atoms with Gasteiger partial charge in [-0.2, -0.15) is 4.98 Å². The van der Waals surface area contributed by atoms with Crippen molar-refractivity contribution in [3.8, 4) is 17.1 Å². The summed E-state index contributed by atoms with van der Waals surface area (Å²) in [6.45, 7) is 9.50. The maximum absolute atomic E-state index is 11.5. The van der Waals surface area contributed by atoms with E-state index in [1.165, 1.54) is 18.4 Å². The summed E-state index contributed by atoms with van der Waals surface area (Å²) in [6, 6.07) is 16.5. The highest BCUT2D eigenvalue weighted by Gasteiger charge is 2.21. The smallest absolute Gasteiger partial charge is 0.335 e. The SMILES string of the molecule is Cc1cccc(C)c1-c1cc(OCC(COC2CCC2)NCc2cnc3oc(C(C)C)cc3n2)nc(NSc2cccc(C(=O)O)c2)n1. The molecule has 12 heteroatoms. The first-order valence-electron chi connectivity index (χ1n) is 16.2. The third-order valence-corrected chi connectivity index (χ3v) is 9.02. The summed E-state index contributed by atoms with van der Waals surface area (Å²) in [5.41, 5.74) is 6.16. The van der Waals surface area contributed by atoms with Crippen molar-refractivity contribution in [2.24, 2.45) is 0 Å². The zero-order valence-electron chi connectivity index (χ0n) is 27.5. The lowest BCUT2D eigenvalue weighted by molar-refractivity contribution is -0.0142. The third-order valence-electron chi connectivity index (χ3n) is 8.25. The van der Waals surface area contributed by atoms with Crippen LogP contribution < -0.4 is 14.8 Å². The molecule has 11 nitrogen and oxygen atoms in total. The van der Waals surface area contributed by atoms with Crippen LogP contribution >= 0.6 is 11.9 Å². The highest BCUT2D eigenvalue weighted by atomic mass is 32.2. The third kappa shape index (κ3) is 8.30. The summed E-state index contributed by atoms with van der Waals surface area (Å²) in [6.07, 6.45) is 5.33. The predicted molar refractivity (Wildman–Crippen MR) is 185 cm³/mol. The second kappa shape index (κ2) is 15.1. The van der Waals surface area contributed by atoms with Gasteiger partial charge in [0, 0.05) is 35.1 Å². The number of ether oxygens (including phenoxy) is 2. The molecule has 1 atom stereocenters. The van der Waals surface area contributed by atoms with Crippen LogP contribution in [-0.4, -0.2) is 56.4 Å². The van der Waals surface area contributed by atoms with E-state index in [4.69, 9.17) is 23.9 Å². The Morgan fingerprint density at radius 2 is 1.83 bits per heavy atom. The number of benzene rings is 2. The van der Waals surface area contributed by atoms with Crippen molar-refractivity contribution in [1.82, 2.24) is 25.3 Å². The van der Waals surface area contributed by atoms with Crippen molar-refractivity contribution in [2.75, 3.05) is 17.9 Å².